The number of hydrogen-bond donors (Lipinski definition) is 2. The number of halogens is 1. The fourth-order valence-electron chi connectivity index (χ4n) is 1.47. The number of aromatic nitrogens is 2. The summed E-state index contributed by atoms with van der Waals surface area (Å²) in [6.07, 6.45) is 3.62. The van der Waals surface area contributed by atoms with Gasteiger partial charge >= 0.3 is 0 Å². The van der Waals surface area contributed by atoms with Crippen molar-refractivity contribution in [1.82, 2.24) is 14.9 Å². The van der Waals surface area contributed by atoms with Gasteiger partial charge in [0.05, 0.1) is 0 Å². The smallest absolute Gasteiger partial charge is 0.157 e. The van der Waals surface area contributed by atoms with E-state index >= 15 is 0 Å². The molecule has 0 unspecified atom stereocenters. The minimum absolute atomic E-state index is 0.298. The molecule has 0 radical (unpaired) electrons. The standard InChI is InChI=1S/C12H22ClN5/c1-9(2)18(3)7-5-4-6-15-12-10(14)11(13)16-8-17-12/h8-9H,4-7,14H2,1-3H3,(H,15,16,17). The largest absolute Gasteiger partial charge is 0.393 e. The Hall–Kier alpha value is -1.07. The Kier molecular flexibility index (Phi) is 6.15. The van der Waals surface area contributed by atoms with Crippen molar-refractivity contribution in [2.45, 2.75) is 32.7 Å². The van der Waals surface area contributed by atoms with Crippen LogP contribution in [0.15, 0.2) is 6.33 Å². The summed E-state index contributed by atoms with van der Waals surface area (Å²) in [4.78, 5) is 10.2. The van der Waals surface area contributed by atoms with Gasteiger partial charge in [0.1, 0.15) is 12.0 Å². The molecule has 1 heterocycles. The molecule has 0 spiro atoms. The minimum Gasteiger partial charge on any atom is -0.393 e. The van der Waals surface area contributed by atoms with E-state index in [1.165, 1.54) is 6.33 Å². The molecule has 3 N–H and O–H groups in total. The normalized spacial score (nSPS) is 11.2. The Balaban J connectivity index is 2.24. The Morgan fingerprint density at radius 3 is 2.78 bits per heavy atom. The Morgan fingerprint density at radius 2 is 2.11 bits per heavy atom. The average Bonchev–Trinajstić information content (AvgIpc) is 2.33. The van der Waals surface area contributed by atoms with Crippen LogP contribution in [0.3, 0.4) is 0 Å². The monoisotopic (exact) mass is 271 g/mol. The highest BCUT2D eigenvalue weighted by Gasteiger charge is 2.05. The van der Waals surface area contributed by atoms with Crippen molar-refractivity contribution in [3.63, 3.8) is 0 Å². The highest BCUT2D eigenvalue weighted by molar-refractivity contribution is 6.32. The highest BCUT2D eigenvalue weighted by Crippen LogP contribution is 2.21. The van der Waals surface area contributed by atoms with Crippen LogP contribution in [-0.2, 0) is 0 Å². The van der Waals surface area contributed by atoms with Crippen LogP contribution < -0.4 is 11.1 Å². The van der Waals surface area contributed by atoms with Gasteiger partial charge in [-0.2, -0.15) is 0 Å². The van der Waals surface area contributed by atoms with Gasteiger partial charge in [-0.25, -0.2) is 9.97 Å². The van der Waals surface area contributed by atoms with Gasteiger partial charge in [0.2, 0.25) is 0 Å². The number of anilines is 2. The topological polar surface area (TPSA) is 67.1 Å². The number of nitrogens with two attached hydrogens (primary N) is 1. The SMILES string of the molecule is CC(C)N(C)CCCCNc1ncnc(Cl)c1N. The van der Waals surface area contributed by atoms with Crippen LogP contribution in [0.4, 0.5) is 11.5 Å². The van der Waals surface area contributed by atoms with E-state index in [4.69, 9.17) is 17.3 Å². The van der Waals surface area contributed by atoms with Crippen LogP contribution in [-0.4, -0.2) is 41.0 Å². The molecular weight excluding hydrogens is 250 g/mol. The Morgan fingerprint density at radius 1 is 1.39 bits per heavy atom. The maximum absolute atomic E-state index is 5.81. The summed E-state index contributed by atoms with van der Waals surface area (Å²) in [5, 5.41) is 3.48. The number of nitrogens with zero attached hydrogens (tertiary/aromatic N) is 3. The molecule has 0 atom stereocenters. The molecule has 0 aliphatic rings. The van der Waals surface area contributed by atoms with Crippen LogP contribution in [0.2, 0.25) is 5.15 Å². The van der Waals surface area contributed by atoms with Crippen molar-refractivity contribution in [3.05, 3.63) is 11.5 Å². The average molecular weight is 272 g/mol. The molecule has 1 aromatic rings. The molecular formula is C12H22ClN5. The van der Waals surface area contributed by atoms with Crippen LogP contribution in [0.5, 0.6) is 0 Å². The third-order valence-electron chi connectivity index (χ3n) is 2.95. The van der Waals surface area contributed by atoms with Gasteiger partial charge in [-0.05, 0) is 40.3 Å². The molecule has 102 valence electrons. The van der Waals surface area contributed by atoms with Crippen molar-refractivity contribution in [3.8, 4) is 0 Å². The van der Waals surface area contributed by atoms with E-state index in [1.54, 1.807) is 0 Å². The van der Waals surface area contributed by atoms with E-state index in [2.05, 4.69) is 41.1 Å². The Bertz CT molecular complexity index is 369. The number of unbranched alkanes of at least 4 members (excludes halogenated alkanes) is 1. The zero-order chi connectivity index (χ0) is 13.5. The summed E-state index contributed by atoms with van der Waals surface area (Å²) >= 11 is 5.81. The fourth-order valence-corrected chi connectivity index (χ4v) is 1.60. The predicted octanol–water partition coefficient (Wildman–Crippen LogP) is 2.24. The molecule has 0 aromatic carbocycles. The summed E-state index contributed by atoms with van der Waals surface area (Å²) in [7, 11) is 2.14. The molecule has 1 rings (SSSR count). The van der Waals surface area contributed by atoms with Gasteiger partial charge in [0, 0.05) is 12.6 Å². The second-order valence-electron chi connectivity index (χ2n) is 4.63. The van der Waals surface area contributed by atoms with E-state index < -0.39 is 0 Å². The lowest BCUT2D eigenvalue weighted by Crippen LogP contribution is -2.27. The molecule has 0 saturated carbocycles. The lowest BCUT2D eigenvalue weighted by molar-refractivity contribution is 0.269. The van der Waals surface area contributed by atoms with Crippen molar-refractivity contribution >= 4 is 23.1 Å². The fraction of sp³-hybridized carbons (Fsp3) is 0.667. The van der Waals surface area contributed by atoms with Crippen LogP contribution in [0.1, 0.15) is 26.7 Å². The van der Waals surface area contributed by atoms with Gasteiger partial charge in [0.25, 0.3) is 0 Å². The van der Waals surface area contributed by atoms with Crippen molar-refractivity contribution in [2.75, 3.05) is 31.2 Å². The first-order chi connectivity index (χ1) is 8.52. The second kappa shape index (κ2) is 7.38. The number of rotatable bonds is 7. The molecule has 0 aliphatic carbocycles. The molecule has 1 aromatic heterocycles. The summed E-state index contributed by atoms with van der Waals surface area (Å²) in [6.45, 7) is 6.33. The van der Waals surface area contributed by atoms with E-state index in [1.807, 2.05) is 0 Å². The zero-order valence-electron chi connectivity index (χ0n) is 11.3. The highest BCUT2D eigenvalue weighted by atomic mass is 35.5. The summed E-state index contributed by atoms with van der Waals surface area (Å²) < 4.78 is 0. The van der Waals surface area contributed by atoms with Crippen molar-refractivity contribution in [1.29, 1.82) is 0 Å². The molecule has 0 aliphatic heterocycles. The molecule has 0 fully saturated rings. The van der Waals surface area contributed by atoms with Crippen LogP contribution in [0.25, 0.3) is 0 Å². The van der Waals surface area contributed by atoms with Gasteiger partial charge in [-0.1, -0.05) is 11.6 Å². The maximum Gasteiger partial charge on any atom is 0.157 e. The first-order valence-electron chi connectivity index (χ1n) is 6.22. The molecule has 6 heteroatoms. The number of nitrogen functional groups attached to an aromatic ring is 1. The summed E-state index contributed by atoms with van der Waals surface area (Å²) in [6, 6.07) is 0.592. The maximum atomic E-state index is 5.81. The van der Waals surface area contributed by atoms with E-state index in [0.717, 1.165) is 25.9 Å². The minimum atomic E-state index is 0.298. The molecule has 5 nitrogen and oxygen atoms in total. The summed E-state index contributed by atoms with van der Waals surface area (Å²) in [5.41, 5.74) is 6.17. The van der Waals surface area contributed by atoms with Gasteiger partial charge in [-0.15, -0.1) is 0 Å². The number of hydrogen-bond acceptors (Lipinski definition) is 5. The summed E-state index contributed by atoms with van der Waals surface area (Å²) in [5.74, 6) is 0.618. The quantitative estimate of drug-likeness (QED) is 0.588. The van der Waals surface area contributed by atoms with Crippen molar-refractivity contribution < 1.29 is 0 Å². The Labute approximate surface area is 114 Å². The van der Waals surface area contributed by atoms with Crippen LogP contribution in [0, 0.1) is 0 Å². The van der Waals surface area contributed by atoms with Gasteiger partial charge < -0.3 is 16.0 Å². The third kappa shape index (κ3) is 4.66. The third-order valence-corrected chi connectivity index (χ3v) is 3.25. The molecule has 18 heavy (non-hydrogen) atoms. The first-order valence-corrected chi connectivity index (χ1v) is 6.60. The molecule has 0 bridgehead atoms. The first kappa shape index (κ1) is 15.0. The van der Waals surface area contributed by atoms with E-state index in [-0.39, 0.29) is 0 Å². The predicted molar refractivity (Wildman–Crippen MR) is 76.9 cm³/mol. The van der Waals surface area contributed by atoms with Crippen LogP contribution >= 0.6 is 11.6 Å². The van der Waals surface area contributed by atoms with E-state index in [0.29, 0.717) is 22.7 Å². The van der Waals surface area contributed by atoms with E-state index in [9.17, 15) is 0 Å². The van der Waals surface area contributed by atoms with Crippen molar-refractivity contribution in [2.24, 2.45) is 0 Å². The molecule has 0 saturated heterocycles. The zero-order valence-corrected chi connectivity index (χ0v) is 12.0. The molecule has 0 amide bonds. The number of nitrogens with one attached hydrogen (secondary N) is 1. The lowest BCUT2D eigenvalue weighted by atomic mass is 10.2. The van der Waals surface area contributed by atoms with Gasteiger partial charge in [-0.3, -0.25) is 0 Å². The lowest BCUT2D eigenvalue weighted by Gasteiger charge is -2.20. The second-order valence-corrected chi connectivity index (χ2v) is 4.99. The van der Waals surface area contributed by atoms with Gasteiger partial charge in [0.15, 0.2) is 11.0 Å².